The molecule has 3 rings (SSSR count). The molecule has 0 saturated heterocycles. The number of hydrogen-bond donors (Lipinski definition) is 2. The molecule has 0 heterocycles. The van der Waals surface area contributed by atoms with E-state index in [0.29, 0.717) is 6.42 Å². The number of aliphatic hydroxyl groups is 1. The predicted molar refractivity (Wildman–Crippen MR) is 77.7 cm³/mol. The van der Waals surface area contributed by atoms with Crippen LogP contribution in [0.25, 0.3) is 0 Å². The summed E-state index contributed by atoms with van der Waals surface area (Å²) in [6, 6.07) is 8.24. The number of nitrogens with one attached hydrogen (secondary N) is 1. The van der Waals surface area contributed by atoms with Crippen molar-refractivity contribution in [3.05, 3.63) is 69.7 Å². The summed E-state index contributed by atoms with van der Waals surface area (Å²) in [5.41, 5.74) is 1.58. The van der Waals surface area contributed by atoms with Crippen molar-refractivity contribution in [2.24, 2.45) is 0 Å². The quantitative estimate of drug-likeness (QED) is 0.835. The molecule has 0 radical (unpaired) electrons. The molecule has 1 aliphatic carbocycles. The molecule has 2 aromatic rings. The highest BCUT2D eigenvalue weighted by Crippen LogP contribution is 2.32. The first-order valence-electron chi connectivity index (χ1n) is 6.68. The number of benzene rings is 2. The van der Waals surface area contributed by atoms with Crippen LogP contribution in [-0.2, 0) is 6.42 Å². The van der Waals surface area contributed by atoms with Crippen LogP contribution in [0.2, 0.25) is 5.02 Å². The van der Waals surface area contributed by atoms with Crippen molar-refractivity contribution in [3.63, 3.8) is 0 Å². The van der Waals surface area contributed by atoms with Gasteiger partial charge in [0.2, 0.25) is 0 Å². The van der Waals surface area contributed by atoms with E-state index in [2.05, 4.69) is 5.32 Å². The Kier molecular flexibility index (Phi) is 3.85. The summed E-state index contributed by atoms with van der Waals surface area (Å²) in [5.74, 6) is -2.93. The topological polar surface area (TPSA) is 49.3 Å². The van der Waals surface area contributed by atoms with E-state index in [9.17, 15) is 18.7 Å². The van der Waals surface area contributed by atoms with Crippen molar-refractivity contribution in [1.29, 1.82) is 0 Å². The van der Waals surface area contributed by atoms with Crippen LogP contribution < -0.4 is 5.32 Å². The van der Waals surface area contributed by atoms with E-state index in [1.165, 1.54) is 0 Å². The van der Waals surface area contributed by atoms with E-state index >= 15 is 0 Å². The Hall–Kier alpha value is -1.98. The molecule has 1 aliphatic rings. The Morgan fingerprint density at radius 3 is 2.68 bits per heavy atom. The van der Waals surface area contributed by atoms with Gasteiger partial charge in [0.15, 0.2) is 11.6 Å². The van der Waals surface area contributed by atoms with Gasteiger partial charge in [-0.05, 0) is 23.3 Å². The van der Waals surface area contributed by atoms with Crippen LogP contribution in [0.1, 0.15) is 27.5 Å². The van der Waals surface area contributed by atoms with Crippen molar-refractivity contribution in [1.82, 2.24) is 5.32 Å². The van der Waals surface area contributed by atoms with Crippen LogP contribution >= 0.6 is 11.6 Å². The first-order valence-corrected chi connectivity index (χ1v) is 7.06. The number of carbonyl (C=O) groups excluding carboxylic acids is 1. The van der Waals surface area contributed by atoms with Crippen LogP contribution in [0, 0.1) is 11.6 Å². The van der Waals surface area contributed by atoms with E-state index in [1.54, 1.807) is 6.07 Å². The summed E-state index contributed by atoms with van der Waals surface area (Å²) >= 11 is 5.79. The van der Waals surface area contributed by atoms with Crippen LogP contribution in [-0.4, -0.2) is 17.1 Å². The number of rotatable bonds is 2. The fourth-order valence-electron chi connectivity index (χ4n) is 2.66. The average molecular weight is 324 g/mol. The van der Waals surface area contributed by atoms with Crippen molar-refractivity contribution in [3.8, 4) is 0 Å². The fourth-order valence-corrected chi connectivity index (χ4v) is 2.90. The molecule has 114 valence electrons. The summed E-state index contributed by atoms with van der Waals surface area (Å²) < 4.78 is 26.3. The maximum atomic E-state index is 13.3. The van der Waals surface area contributed by atoms with E-state index in [0.717, 1.165) is 23.3 Å². The zero-order chi connectivity index (χ0) is 15.9. The largest absolute Gasteiger partial charge is 0.390 e. The number of aliphatic hydroxyl groups excluding tert-OH is 1. The van der Waals surface area contributed by atoms with Gasteiger partial charge in [0.25, 0.3) is 5.91 Å². The highest BCUT2D eigenvalue weighted by atomic mass is 35.5. The van der Waals surface area contributed by atoms with Crippen molar-refractivity contribution < 1.29 is 18.7 Å². The van der Waals surface area contributed by atoms with Gasteiger partial charge in [0.05, 0.1) is 22.7 Å². The number of amides is 1. The van der Waals surface area contributed by atoms with Crippen LogP contribution in [0.3, 0.4) is 0 Å². The molecular weight excluding hydrogens is 312 g/mol. The van der Waals surface area contributed by atoms with Gasteiger partial charge >= 0.3 is 0 Å². The smallest absolute Gasteiger partial charge is 0.253 e. The highest BCUT2D eigenvalue weighted by molar-refractivity contribution is 6.33. The molecule has 6 heteroatoms. The second kappa shape index (κ2) is 5.66. The molecule has 0 spiro atoms. The molecule has 0 fully saturated rings. The minimum absolute atomic E-state index is 0.169. The van der Waals surface area contributed by atoms with Gasteiger partial charge in [0.1, 0.15) is 0 Å². The predicted octanol–water partition coefficient (Wildman–Crippen LogP) is 3.01. The van der Waals surface area contributed by atoms with Gasteiger partial charge < -0.3 is 10.4 Å². The standard InChI is InChI=1S/C16H12ClF2NO2/c17-11-7-13(19)12(18)6-10(11)16(22)20-15-9-4-2-1-3-8(9)5-14(15)21/h1-4,6-7,14-15,21H,5H2,(H,20,22)/t14-,15+/m1/s1. The minimum atomic E-state index is -1.15. The zero-order valence-electron chi connectivity index (χ0n) is 11.3. The van der Waals surface area contributed by atoms with E-state index in [4.69, 9.17) is 11.6 Å². The molecule has 22 heavy (non-hydrogen) atoms. The molecule has 1 amide bonds. The Balaban J connectivity index is 1.88. The lowest BCUT2D eigenvalue weighted by molar-refractivity contribution is 0.0858. The first-order chi connectivity index (χ1) is 10.5. The maximum Gasteiger partial charge on any atom is 0.253 e. The summed E-state index contributed by atoms with van der Waals surface area (Å²) in [6.45, 7) is 0. The average Bonchev–Trinajstić information content (AvgIpc) is 2.79. The Morgan fingerprint density at radius 1 is 1.23 bits per heavy atom. The summed E-state index contributed by atoms with van der Waals surface area (Å²) in [6.07, 6.45) is -0.350. The van der Waals surface area contributed by atoms with E-state index in [-0.39, 0.29) is 10.6 Å². The van der Waals surface area contributed by atoms with Crippen LogP contribution in [0.4, 0.5) is 8.78 Å². The van der Waals surface area contributed by atoms with Gasteiger partial charge in [-0.1, -0.05) is 35.9 Å². The SMILES string of the molecule is O=C(N[C@H]1c2ccccc2C[C@H]1O)c1cc(F)c(F)cc1Cl. The third kappa shape index (κ3) is 2.58. The Bertz CT molecular complexity index is 751. The molecule has 3 nitrogen and oxygen atoms in total. The third-order valence-corrected chi connectivity index (χ3v) is 4.06. The molecule has 0 saturated carbocycles. The first kappa shape index (κ1) is 14.9. The summed E-state index contributed by atoms with van der Waals surface area (Å²) in [4.78, 5) is 12.2. The number of carbonyl (C=O) groups is 1. The minimum Gasteiger partial charge on any atom is -0.390 e. The Morgan fingerprint density at radius 2 is 1.91 bits per heavy atom. The monoisotopic (exact) mass is 323 g/mol. The highest BCUT2D eigenvalue weighted by Gasteiger charge is 2.32. The van der Waals surface area contributed by atoms with Gasteiger partial charge in [-0.2, -0.15) is 0 Å². The summed E-state index contributed by atoms with van der Waals surface area (Å²) in [5, 5.41) is 12.5. The second-order valence-corrected chi connectivity index (χ2v) is 5.57. The molecule has 0 aromatic heterocycles. The molecule has 2 atom stereocenters. The van der Waals surface area contributed by atoms with E-state index < -0.39 is 29.7 Å². The van der Waals surface area contributed by atoms with Crippen LogP contribution in [0.5, 0.6) is 0 Å². The van der Waals surface area contributed by atoms with E-state index in [1.807, 2.05) is 18.2 Å². The molecule has 0 unspecified atom stereocenters. The summed E-state index contributed by atoms with van der Waals surface area (Å²) in [7, 11) is 0. The lowest BCUT2D eigenvalue weighted by atomic mass is 10.1. The lowest BCUT2D eigenvalue weighted by Gasteiger charge is -2.18. The maximum absolute atomic E-state index is 13.3. The van der Waals surface area contributed by atoms with Gasteiger partial charge in [-0.3, -0.25) is 4.79 Å². The van der Waals surface area contributed by atoms with Crippen molar-refractivity contribution in [2.75, 3.05) is 0 Å². The number of fused-ring (bicyclic) bond motifs is 1. The normalized spacial score (nSPS) is 19.8. The zero-order valence-corrected chi connectivity index (χ0v) is 12.1. The van der Waals surface area contributed by atoms with Gasteiger partial charge in [-0.15, -0.1) is 0 Å². The molecule has 2 N–H and O–H groups in total. The third-order valence-electron chi connectivity index (χ3n) is 3.75. The Labute approximate surface area is 130 Å². The number of hydrogen-bond acceptors (Lipinski definition) is 2. The van der Waals surface area contributed by atoms with Crippen LogP contribution in [0.15, 0.2) is 36.4 Å². The van der Waals surface area contributed by atoms with Gasteiger partial charge in [-0.25, -0.2) is 8.78 Å². The molecule has 0 bridgehead atoms. The molecule has 2 aromatic carbocycles. The lowest BCUT2D eigenvalue weighted by Crippen LogP contribution is -2.34. The fraction of sp³-hybridized carbons (Fsp3) is 0.188. The second-order valence-electron chi connectivity index (χ2n) is 5.17. The van der Waals surface area contributed by atoms with Crippen molar-refractivity contribution in [2.45, 2.75) is 18.6 Å². The molecular formula is C16H12ClF2NO2. The number of halogens is 3. The van der Waals surface area contributed by atoms with Crippen molar-refractivity contribution >= 4 is 17.5 Å². The molecule has 0 aliphatic heterocycles. The van der Waals surface area contributed by atoms with Gasteiger partial charge in [0, 0.05) is 6.42 Å².